The second kappa shape index (κ2) is 9.57. The Balaban J connectivity index is 1.75. The van der Waals surface area contributed by atoms with Crippen molar-refractivity contribution in [2.45, 2.75) is 26.4 Å². The van der Waals surface area contributed by atoms with Crippen LogP contribution in [0.5, 0.6) is 17.2 Å². The summed E-state index contributed by atoms with van der Waals surface area (Å²) >= 11 is 0. The van der Waals surface area contributed by atoms with Crippen LogP contribution in [0.2, 0.25) is 0 Å². The van der Waals surface area contributed by atoms with E-state index < -0.39 is 6.10 Å². The Bertz CT molecular complexity index is 687. The standard InChI is InChI=1S/C20H25NO4/c1-4-16-8-5-6-11-19(16)25-15(2)20(22)21-12-13-24-18-10-7-9-17(14-18)23-3/h5-11,14-15H,4,12-13H2,1-3H3,(H,21,22)/t15-/m0/s1. The van der Waals surface area contributed by atoms with Gasteiger partial charge in [0.25, 0.3) is 5.91 Å². The number of ether oxygens (including phenoxy) is 3. The van der Waals surface area contributed by atoms with Crippen LogP contribution >= 0.6 is 0 Å². The monoisotopic (exact) mass is 343 g/mol. The molecular formula is C20H25NO4. The van der Waals surface area contributed by atoms with E-state index in [2.05, 4.69) is 12.2 Å². The lowest BCUT2D eigenvalue weighted by Gasteiger charge is -2.17. The summed E-state index contributed by atoms with van der Waals surface area (Å²) in [5.41, 5.74) is 1.09. The van der Waals surface area contributed by atoms with E-state index in [9.17, 15) is 4.79 Å². The first-order valence-electron chi connectivity index (χ1n) is 8.43. The van der Waals surface area contributed by atoms with Gasteiger partial charge in [0.05, 0.1) is 13.7 Å². The van der Waals surface area contributed by atoms with Gasteiger partial charge in [-0.25, -0.2) is 0 Å². The van der Waals surface area contributed by atoms with Crippen LogP contribution in [-0.4, -0.2) is 32.3 Å². The first kappa shape index (κ1) is 18.6. The van der Waals surface area contributed by atoms with Crippen LogP contribution in [-0.2, 0) is 11.2 Å². The molecule has 1 amide bonds. The minimum Gasteiger partial charge on any atom is -0.497 e. The number of carbonyl (C=O) groups excluding carboxylic acids is 1. The van der Waals surface area contributed by atoms with Gasteiger partial charge < -0.3 is 19.5 Å². The van der Waals surface area contributed by atoms with Crippen LogP contribution in [0, 0.1) is 0 Å². The van der Waals surface area contributed by atoms with E-state index in [1.165, 1.54) is 0 Å². The Hall–Kier alpha value is -2.69. The van der Waals surface area contributed by atoms with Gasteiger partial charge in [0.15, 0.2) is 6.10 Å². The van der Waals surface area contributed by atoms with Crippen molar-refractivity contribution in [3.63, 3.8) is 0 Å². The van der Waals surface area contributed by atoms with Crippen molar-refractivity contribution in [2.75, 3.05) is 20.3 Å². The average molecular weight is 343 g/mol. The van der Waals surface area contributed by atoms with E-state index in [0.717, 1.165) is 23.5 Å². The van der Waals surface area contributed by atoms with Gasteiger partial charge in [-0.05, 0) is 37.1 Å². The number of amides is 1. The average Bonchev–Trinajstić information content (AvgIpc) is 2.65. The predicted octanol–water partition coefficient (Wildman–Crippen LogP) is 3.22. The first-order chi connectivity index (χ1) is 12.1. The summed E-state index contributed by atoms with van der Waals surface area (Å²) in [5, 5.41) is 2.82. The van der Waals surface area contributed by atoms with Crippen LogP contribution in [0.25, 0.3) is 0 Å². The number of benzene rings is 2. The molecule has 0 radical (unpaired) electrons. The summed E-state index contributed by atoms with van der Waals surface area (Å²) < 4.78 is 16.5. The second-order valence-corrected chi connectivity index (χ2v) is 5.54. The highest BCUT2D eigenvalue weighted by molar-refractivity contribution is 5.80. The van der Waals surface area contributed by atoms with E-state index in [1.807, 2.05) is 42.5 Å². The van der Waals surface area contributed by atoms with Gasteiger partial charge in [-0.3, -0.25) is 4.79 Å². The second-order valence-electron chi connectivity index (χ2n) is 5.54. The van der Waals surface area contributed by atoms with Crippen molar-refractivity contribution in [1.29, 1.82) is 0 Å². The molecule has 0 aliphatic rings. The fourth-order valence-corrected chi connectivity index (χ4v) is 2.33. The van der Waals surface area contributed by atoms with Crippen molar-refractivity contribution in [3.8, 4) is 17.2 Å². The minimum atomic E-state index is -0.565. The van der Waals surface area contributed by atoms with Crippen molar-refractivity contribution < 1.29 is 19.0 Å². The van der Waals surface area contributed by atoms with E-state index in [0.29, 0.717) is 18.9 Å². The van der Waals surface area contributed by atoms with E-state index in [-0.39, 0.29) is 5.91 Å². The SMILES string of the molecule is CCc1ccccc1O[C@@H](C)C(=O)NCCOc1cccc(OC)c1. The summed E-state index contributed by atoms with van der Waals surface area (Å²) in [4.78, 5) is 12.1. The molecule has 134 valence electrons. The predicted molar refractivity (Wildman–Crippen MR) is 97.4 cm³/mol. The summed E-state index contributed by atoms with van der Waals surface area (Å²) in [6.07, 6.45) is 0.295. The Labute approximate surface area is 148 Å². The zero-order chi connectivity index (χ0) is 18.1. The van der Waals surface area contributed by atoms with Gasteiger partial charge in [0.1, 0.15) is 23.9 Å². The number of aryl methyl sites for hydroxylation is 1. The van der Waals surface area contributed by atoms with E-state index >= 15 is 0 Å². The van der Waals surface area contributed by atoms with Crippen molar-refractivity contribution >= 4 is 5.91 Å². The maximum absolute atomic E-state index is 12.1. The van der Waals surface area contributed by atoms with Crippen molar-refractivity contribution in [3.05, 3.63) is 54.1 Å². The molecule has 0 aromatic heterocycles. The normalized spacial score (nSPS) is 11.5. The number of hydrogen-bond donors (Lipinski definition) is 1. The zero-order valence-electron chi connectivity index (χ0n) is 15.0. The Morgan fingerprint density at radius 1 is 1.12 bits per heavy atom. The van der Waals surface area contributed by atoms with Gasteiger partial charge in [-0.2, -0.15) is 0 Å². The molecule has 5 heteroatoms. The molecule has 0 aliphatic heterocycles. The van der Waals surface area contributed by atoms with Crippen LogP contribution in [0.3, 0.4) is 0 Å². The van der Waals surface area contributed by atoms with E-state index in [1.54, 1.807) is 20.1 Å². The van der Waals surface area contributed by atoms with E-state index in [4.69, 9.17) is 14.2 Å². The molecule has 0 fully saturated rings. The number of methoxy groups -OCH3 is 1. The van der Waals surface area contributed by atoms with Gasteiger partial charge in [0.2, 0.25) is 0 Å². The number of para-hydroxylation sites is 1. The van der Waals surface area contributed by atoms with Crippen LogP contribution < -0.4 is 19.5 Å². The van der Waals surface area contributed by atoms with Crippen LogP contribution in [0.1, 0.15) is 19.4 Å². The molecule has 2 aromatic rings. The molecule has 25 heavy (non-hydrogen) atoms. The lowest BCUT2D eigenvalue weighted by Crippen LogP contribution is -2.38. The summed E-state index contributed by atoms with van der Waals surface area (Å²) in [5.74, 6) is 2.02. The molecule has 0 unspecified atom stereocenters. The maximum Gasteiger partial charge on any atom is 0.260 e. The lowest BCUT2D eigenvalue weighted by atomic mass is 10.1. The molecular weight excluding hydrogens is 318 g/mol. The molecule has 2 aromatic carbocycles. The molecule has 0 spiro atoms. The summed E-state index contributed by atoms with van der Waals surface area (Å²) in [7, 11) is 1.61. The number of rotatable bonds is 9. The smallest absolute Gasteiger partial charge is 0.260 e. The molecule has 5 nitrogen and oxygen atoms in total. The summed E-state index contributed by atoms with van der Waals surface area (Å²) in [6.45, 7) is 4.57. The Morgan fingerprint density at radius 2 is 1.88 bits per heavy atom. The molecule has 0 heterocycles. The first-order valence-corrected chi connectivity index (χ1v) is 8.43. The fourth-order valence-electron chi connectivity index (χ4n) is 2.33. The van der Waals surface area contributed by atoms with Gasteiger partial charge in [-0.15, -0.1) is 0 Å². The minimum absolute atomic E-state index is 0.167. The highest BCUT2D eigenvalue weighted by Crippen LogP contribution is 2.20. The largest absolute Gasteiger partial charge is 0.497 e. The maximum atomic E-state index is 12.1. The number of nitrogens with one attached hydrogen (secondary N) is 1. The van der Waals surface area contributed by atoms with Gasteiger partial charge >= 0.3 is 0 Å². The molecule has 0 saturated carbocycles. The third-order valence-electron chi connectivity index (χ3n) is 3.74. The van der Waals surface area contributed by atoms with Crippen LogP contribution in [0.15, 0.2) is 48.5 Å². The quantitative estimate of drug-likeness (QED) is 0.710. The van der Waals surface area contributed by atoms with Crippen LogP contribution in [0.4, 0.5) is 0 Å². The van der Waals surface area contributed by atoms with Crippen molar-refractivity contribution in [2.24, 2.45) is 0 Å². The van der Waals surface area contributed by atoms with Crippen molar-refractivity contribution in [1.82, 2.24) is 5.32 Å². The molecule has 0 saturated heterocycles. The van der Waals surface area contributed by atoms with Gasteiger partial charge in [-0.1, -0.05) is 31.2 Å². The molecule has 0 aliphatic carbocycles. The summed E-state index contributed by atoms with van der Waals surface area (Å²) in [6, 6.07) is 15.1. The molecule has 1 N–H and O–H groups in total. The Kier molecular flexibility index (Phi) is 7.14. The number of hydrogen-bond acceptors (Lipinski definition) is 4. The zero-order valence-corrected chi connectivity index (χ0v) is 15.0. The topological polar surface area (TPSA) is 56.8 Å². The number of carbonyl (C=O) groups is 1. The third-order valence-corrected chi connectivity index (χ3v) is 3.74. The fraction of sp³-hybridized carbons (Fsp3) is 0.350. The third kappa shape index (κ3) is 5.71. The molecule has 2 rings (SSSR count). The Morgan fingerprint density at radius 3 is 2.64 bits per heavy atom. The highest BCUT2D eigenvalue weighted by atomic mass is 16.5. The van der Waals surface area contributed by atoms with Gasteiger partial charge in [0, 0.05) is 6.07 Å². The molecule has 0 bridgehead atoms. The lowest BCUT2D eigenvalue weighted by molar-refractivity contribution is -0.127. The molecule has 1 atom stereocenters. The highest BCUT2D eigenvalue weighted by Gasteiger charge is 2.15.